The van der Waals surface area contributed by atoms with Gasteiger partial charge in [-0.2, -0.15) is 0 Å². The summed E-state index contributed by atoms with van der Waals surface area (Å²) >= 11 is 12.1. The van der Waals surface area contributed by atoms with Gasteiger partial charge in [-0.25, -0.2) is 0 Å². The molecule has 0 radical (unpaired) electrons. The quantitative estimate of drug-likeness (QED) is 0.700. The average Bonchev–Trinajstić information content (AvgIpc) is 2.67. The molecule has 0 atom stereocenters. The van der Waals surface area contributed by atoms with Crippen molar-refractivity contribution in [2.24, 2.45) is 0 Å². The van der Waals surface area contributed by atoms with Crippen LogP contribution in [-0.2, 0) is 0 Å². The maximum atomic E-state index is 12.3. The first-order valence-corrected chi connectivity index (χ1v) is 8.24. The zero-order valence-electron chi connectivity index (χ0n) is 13.2. The minimum Gasteiger partial charge on any atom is -0.319 e. The second kappa shape index (κ2) is 7.95. The molecule has 0 saturated carbocycles. The van der Waals surface area contributed by atoms with Crippen LogP contribution in [0.25, 0.3) is 0 Å². The SMILES string of the molecule is O=C(Nc1cc(Cl)c(Cl)cc1NC(=O)c1ccccn1)c1ccccn1. The molecular formula is C18H12Cl2N4O2. The Morgan fingerprint density at radius 3 is 1.50 bits per heavy atom. The van der Waals surface area contributed by atoms with Crippen LogP contribution in [0.1, 0.15) is 21.0 Å². The Balaban J connectivity index is 1.89. The number of aromatic nitrogens is 2. The summed E-state index contributed by atoms with van der Waals surface area (Å²) in [7, 11) is 0. The van der Waals surface area contributed by atoms with Gasteiger partial charge in [0.25, 0.3) is 11.8 Å². The van der Waals surface area contributed by atoms with E-state index in [1.54, 1.807) is 36.4 Å². The highest BCUT2D eigenvalue weighted by molar-refractivity contribution is 6.42. The van der Waals surface area contributed by atoms with Gasteiger partial charge in [0.15, 0.2) is 0 Å². The van der Waals surface area contributed by atoms with E-state index < -0.39 is 11.8 Å². The number of pyridine rings is 2. The second-order valence-corrected chi connectivity index (χ2v) is 5.96. The van der Waals surface area contributed by atoms with Gasteiger partial charge in [0, 0.05) is 12.4 Å². The molecule has 0 bridgehead atoms. The van der Waals surface area contributed by atoms with Crippen molar-refractivity contribution in [3.05, 3.63) is 82.4 Å². The largest absolute Gasteiger partial charge is 0.319 e. The lowest BCUT2D eigenvalue weighted by atomic mass is 10.2. The molecule has 2 heterocycles. The number of anilines is 2. The Bertz CT molecular complexity index is 872. The highest BCUT2D eigenvalue weighted by Crippen LogP contribution is 2.33. The van der Waals surface area contributed by atoms with E-state index in [-0.39, 0.29) is 21.4 Å². The summed E-state index contributed by atoms with van der Waals surface area (Å²) in [6.07, 6.45) is 3.01. The summed E-state index contributed by atoms with van der Waals surface area (Å²) in [5, 5.41) is 5.81. The molecule has 0 saturated heterocycles. The molecule has 2 amide bonds. The van der Waals surface area contributed by atoms with Crippen molar-refractivity contribution in [2.75, 3.05) is 10.6 Å². The highest BCUT2D eigenvalue weighted by atomic mass is 35.5. The molecule has 0 aliphatic carbocycles. The number of carbonyl (C=O) groups excluding carboxylic acids is 2. The van der Waals surface area contributed by atoms with Crippen molar-refractivity contribution < 1.29 is 9.59 Å². The van der Waals surface area contributed by atoms with E-state index in [1.165, 1.54) is 24.5 Å². The molecule has 1 aromatic carbocycles. The first-order valence-electron chi connectivity index (χ1n) is 7.48. The Kier molecular flexibility index (Phi) is 5.46. The van der Waals surface area contributed by atoms with Crippen molar-refractivity contribution in [1.82, 2.24) is 9.97 Å². The van der Waals surface area contributed by atoms with Gasteiger partial charge >= 0.3 is 0 Å². The summed E-state index contributed by atoms with van der Waals surface area (Å²) in [6, 6.07) is 12.8. The van der Waals surface area contributed by atoms with Gasteiger partial charge in [-0.1, -0.05) is 35.3 Å². The van der Waals surface area contributed by atoms with E-state index >= 15 is 0 Å². The molecule has 6 nitrogen and oxygen atoms in total. The number of nitrogens with one attached hydrogen (secondary N) is 2. The predicted octanol–water partition coefficient (Wildman–Crippen LogP) is 4.29. The number of carbonyl (C=O) groups is 2. The third kappa shape index (κ3) is 4.17. The van der Waals surface area contributed by atoms with Gasteiger partial charge in [-0.05, 0) is 36.4 Å². The molecule has 130 valence electrons. The van der Waals surface area contributed by atoms with Crippen LogP contribution >= 0.6 is 23.2 Å². The number of benzene rings is 1. The zero-order chi connectivity index (χ0) is 18.5. The molecule has 2 aromatic heterocycles. The first kappa shape index (κ1) is 17.8. The molecule has 3 rings (SSSR count). The van der Waals surface area contributed by atoms with Crippen LogP contribution in [0.15, 0.2) is 60.9 Å². The molecule has 3 aromatic rings. The smallest absolute Gasteiger partial charge is 0.274 e. The van der Waals surface area contributed by atoms with Crippen LogP contribution in [0.2, 0.25) is 10.0 Å². The van der Waals surface area contributed by atoms with Gasteiger partial charge in [0.1, 0.15) is 11.4 Å². The summed E-state index contributed by atoms with van der Waals surface area (Å²) in [5.74, 6) is -0.894. The summed E-state index contributed by atoms with van der Waals surface area (Å²) in [5.41, 5.74) is 1.03. The Morgan fingerprint density at radius 2 is 1.15 bits per heavy atom. The average molecular weight is 387 g/mol. The maximum absolute atomic E-state index is 12.3. The first-order chi connectivity index (χ1) is 12.5. The zero-order valence-corrected chi connectivity index (χ0v) is 14.8. The van der Waals surface area contributed by atoms with E-state index in [4.69, 9.17) is 23.2 Å². The summed E-state index contributed by atoms with van der Waals surface area (Å²) < 4.78 is 0. The van der Waals surface area contributed by atoms with Crippen LogP contribution in [0, 0.1) is 0 Å². The molecule has 0 unspecified atom stereocenters. The van der Waals surface area contributed by atoms with E-state index in [0.29, 0.717) is 11.4 Å². The topological polar surface area (TPSA) is 84.0 Å². The van der Waals surface area contributed by atoms with Crippen LogP contribution in [0.4, 0.5) is 11.4 Å². The van der Waals surface area contributed by atoms with Crippen LogP contribution in [0.5, 0.6) is 0 Å². The number of amides is 2. The fraction of sp³-hybridized carbons (Fsp3) is 0. The van der Waals surface area contributed by atoms with E-state index in [1.807, 2.05) is 0 Å². The van der Waals surface area contributed by atoms with Crippen LogP contribution in [-0.4, -0.2) is 21.8 Å². The van der Waals surface area contributed by atoms with Gasteiger partial charge in [0.05, 0.1) is 21.4 Å². The lowest BCUT2D eigenvalue weighted by Crippen LogP contribution is -2.18. The molecule has 0 fully saturated rings. The van der Waals surface area contributed by atoms with Crippen molar-refractivity contribution in [1.29, 1.82) is 0 Å². The van der Waals surface area contributed by atoms with Gasteiger partial charge in [-0.3, -0.25) is 19.6 Å². The summed E-state index contributed by atoms with van der Waals surface area (Å²) in [6.45, 7) is 0. The third-order valence-corrected chi connectivity index (χ3v) is 4.07. The second-order valence-electron chi connectivity index (χ2n) is 5.15. The molecule has 0 spiro atoms. The lowest BCUT2D eigenvalue weighted by molar-refractivity contribution is 0.101. The number of hydrogen-bond donors (Lipinski definition) is 2. The number of rotatable bonds is 4. The molecule has 8 heteroatoms. The number of hydrogen-bond acceptors (Lipinski definition) is 4. The Hall–Kier alpha value is -2.96. The van der Waals surface area contributed by atoms with Crippen molar-refractivity contribution in [2.45, 2.75) is 0 Å². The van der Waals surface area contributed by atoms with Crippen LogP contribution in [0.3, 0.4) is 0 Å². The Labute approximate surface area is 159 Å². The lowest BCUT2D eigenvalue weighted by Gasteiger charge is -2.13. The van der Waals surface area contributed by atoms with Gasteiger partial charge in [-0.15, -0.1) is 0 Å². The van der Waals surface area contributed by atoms with Crippen LogP contribution < -0.4 is 10.6 Å². The summed E-state index contributed by atoms with van der Waals surface area (Å²) in [4.78, 5) is 32.7. The highest BCUT2D eigenvalue weighted by Gasteiger charge is 2.15. The monoisotopic (exact) mass is 386 g/mol. The fourth-order valence-electron chi connectivity index (χ4n) is 2.12. The van der Waals surface area contributed by atoms with Gasteiger partial charge < -0.3 is 10.6 Å². The van der Waals surface area contributed by atoms with Gasteiger partial charge in [0.2, 0.25) is 0 Å². The third-order valence-electron chi connectivity index (χ3n) is 3.35. The molecule has 26 heavy (non-hydrogen) atoms. The number of halogens is 2. The molecular weight excluding hydrogens is 375 g/mol. The van der Waals surface area contributed by atoms with E-state index in [9.17, 15) is 9.59 Å². The molecule has 0 aliphatic heterocycles. The predicted molar refractivity (Wildman–Crippen MR) is 101 cm³/mol. The Morgan fingerprint density at radius 1 is 0.731 bits per heavy atom. The molecule has 0 aliphatic rings. The minimum absolute atomic E-state index is 0.223. The van der Waals surface area contributed by atoms with Crippen molar-refractivity contribution >= 4 is 46.4 Å². The minimum atomic E-state index is -0.447. The van der Waals surface area contributed by atoms with Crippen molar-refractivity contribution in [3.8, 4) is 0 Å². The normalized spacial score (nSPS) is 10.2. The van der Waals surface area contributed by atoms with Crippen molar-refractivity contribution in [3.63, 3.8) is 0 Å². The standard InChI is InChI=1S/C18H12Cl2N4O2/c19-11-9-15(23-17(25)13-5-1-3-7-21-13)16(10-12(11)20)24-18(26)14-6-2-4-8-22-14/h1-10H,(H,23,25)(H,24,26). The maximum Gasteiger partial charge on any atom is 0.274 e. The number of nitrogens with zero attached hydrogens (tertiary/aromatic N) is 2. The van der Waals surface area contributed by atoms with E-state index in [2.05, 4.69) is 20.6 Å². The fourth-order valence-corrected chi connectivity index (χ4v) is 2.45. The van der Waals surface area contributed by atoms with E-state index in [0.717, 1.165) is 0 Å². The molecule has 2 N–H and O–H groups in total.